The minimum Gasteiger partial charge on any atom is -0.370 e. The zero-order valence-corrected chi connectivity index (χ0v) is 13.2. The highest BCUT2D eigenvalue weighted by molar-refractivity contribution is 4.87. The summed E-state index contributed by atoms with van der Waals surface area (Å²) in [5.41, 5.74) is 0.00250. The fourth-order valence-corrected chi connectivity index (χ4v) is 4.02. The molecular weight excluding hydrogens is 236 g/mol. The summed E-state index contributed by atoms with van der Waals surface area (Å²) in [5, 5.41) is 3.58. The van der Waals surface area contributed by atoms with E-state index in [0.717, 1.165) is 19.0 Å². The third kappa shape index (κ3) is 4.44. The van der Waals surface area contributed by atoms with Crippen molar-refractivity contribution in [1.82, 2.24) is 10.2 Å². The van der Waals surface area contributed by atoms with Crippen LogP contribution in [0.4, 0.5) is 0 Å². The van der Waals surface area contributed by atoms with Crippen LogP contribution in [0.15, 0.2) is 0 Å². The van der Waals surface area contributed by atoms with Gasteiger partial charge >= 0.3 is 0 Å². The van der Waals surface area contributed by atoms with E-state index in [1.165, 1.54) is 38.6 Å². The Morgan fingerprint density at radius 2 is 1.95 bits per heavy atom. The van der Waals surface area contributed by atoms with Crippen LogP contribution >= 0.6 is 0 Å². The summed E-state index contributed by atoms with van der Waals surface area (Å²) in [6.45, 7) is 9.94. The molecule has 1 aliphatic heterocycles. The van der Waals surface area contributed by atoms with Gasteiger partial charge in [-0.3, -0.25) is 4.90 Å². The first-order valence-electron chi connectivity index (χ1n) is 8.07. The monoisotopic (exact) mass is 268 g/mol. The van der Waals surface area contributed by atoms with E-state index in [2.05, 4.69) is 38.0 Å². The Balaban J connectivity index is 1.90. The summed E-state index contributed by atoms with van der Waals surface area (Å²) in [7, 11) is 2.13. The molecule has 1 N–H and O–H groups in total. The summed E-state index contributed by atoms with van der Waals surface area (Å²) < 4.78 is 6.00. The van der Waals surface area contributed by atoms with Crippen molar-refractivity contribution in [2.75, 3.05) is 26.7 Å². The van der Waals surface area contributed by atoms with E-state index in [-0.39, 0.29) is 5.60 Å². The first kappa shape index (κ1) is 15.3. The van der Waals surface area contributed by atoms with E-state index in [0.29, 0.717) is 12.1 Å². The van der Waals surface area contributed by atoms with Crippen molar-refractivity contribution >= 4 is 0 Å². The third-order valence-corrected chi connectivity index (χ3v) is 4.68. The van der Waals surface area contributed by atoms with Gasteiger partial charge in [0.2, 0.25) is 0 Å². The molecule has 0 radical (unpaired) electrons. The average Bonchev–Trinajstić information content (AvgIpc) is 2.34. The zero-order valence-electron chi connectivity index (χ0n) is 13.2. The van der Waals surface area contributed by atoms with E-state index in [1.54, 1.807) is 0 Å². The van der Waals surface area contributed by atoms with Crippen LogP contribution in [0.1, 0.15) is 52.9 Å². The van der Waals surface area contributed by atoms with Gasteiger partial charge in [-0.1, -0.05) is 19.3 Å². The van der Waals surface area contributed by atoms with Crippen LogP contribution < -0.4 is 5.32 Å². The lowest BCUT2D eigenvalue weighted by atomic mass is 9.83. The molecular formula is C16H32N2O. The van der Waals surface area contributed by atoms with Crippen LogP contribution in [-0.4, -0.2) is 49.3 Å². The van der Waals surface area contributed by atoms with Crippen LogP contribution in [0.3, 0.4) is 0 Å². The highest BCUT2D eigenvalue weighted by Gasteiger charge is 2.33. The maximum Gasteiger partial charge on any atom is 0.0757 e. The fourth-order valence-electron chi connectivity index (χ4n) is 4.02. The number of hydrogen-bond donors (Lipinski definition) is 1. The van der Waals surface area contributed by atoms with Crippen LogP contribution in [0.25, 0.3) is 0 Å². The molecule has 3 heteroatoms. The lowest BCUT2D eigenvalue weighted by molar-refractivity contribution is -0.130. The molecule has 0 aromatic rings. The van der Waals surface area contributed by atoms with Gasteiger partial charge in [0.25, 0.3) is 0 Å². The minimum atomic E-state index is 0.00250. The van der Waals surface area contributed by atoms with Crippen LogP contribution in [0.5, 0.6) is 0 Å². The standard InChI is InChI=1S/C16H32N2O/c1-13-10-18(12-16(2,3)19-13)11-15(17-4)14-8-6-5-7-9-14/h13-15,17H,5-12H2,1-4H3. The van der Waals surface area contributed by atoms with E-state index in [9.17, 15) is 0 Å². The number of hydrogen-bond acceptors (Lipinski definition) is 3. The molecule has 19 heavy (non-hydrogen) atoms. The zero-order chi connectivity index (χ0) is 13.9. The molecule has 1 aliphatic carbocycles. The number of nitrogens with zero attached hydrogens (tertiary/aromatic N) is 1. The molecule has 1 saturated heterocycles. The van der Waals surface area contributed by atoms with Gasteiger partial charge in [-0.05, 0) is 46.6 Å². The number of morpholine rings is 1. The normalized spacial score (nSPS) is 31.3. The summed E-state index contributed by atoms with van der Waals surface area (Å²) in [5.74, 6) is 0.875. The molecule has 2 rings (SSSR count). The summed E-state index contributed by atoms with van der Waals surface area (Å²) in [4.78, 5) is 2.60. The van der Waals surface area contributed by atoms with Crippen LogP contribution in [-0.2, 0) is 4.74 Å². The minimum absolute atomic E-state index is 0.00250. The lowest BCUT2D eigenvalue weighted by Crippen LogP contribution is -2.55. The van der Waals surface area contributed by atoms with Gasteiger partial charge in [0.1, 0.15) is 0 Å². The van der Waals surface area contributed by atoms with Gasteiger partial charge in [-0.25, -0.2) is 0 Å². The average molecular weight is 268 g/mol. The third-order valence-electron chi connectivity index (χ3n) is 4.68. The van der Waals surface area contributed by atoms with Crippen molar-refractivity contribution < 1.29 is 4.74 Å². The lowest BCUT2D eigenvalue weighted by Gasteiger charge is -2.44. The van der Waals surface area contributed by atoms with Gasteiger partial charge in [0.15, 0.2) is 0 Å². The molecule has 2 unspecified atom stereocenters. The molecule has 0 aromatic heterocycles. The number of rotatable bonds is 4. The number of ether oxygens (including phenoxy) is 1. The predicted molar refractivity (Wildman–Crippen MR) is 80.5 cm³/mol. The van der Waals surface area contributed by atoms with E-state index < -0.39 is 0 Å². The molecule has 0 aromatic carbocycles. The van der Waals surface area contributed by atoms with E-state index in [4.69, 9.17) is 4.74 Å². The van der Waals surface area contributed by atoms with Crippen LogP contribution in [0, 0.1) is 5.92 Å². The topological polar surface area (TPSA) is 24.5 Å². The highest BCUT2D eigenvalue weighted by Crippen LogP contribution is 2.28. The molecule has 0 spiro atoms. The Bertz CT molecular complexity index is 274. The molecule has 0 amide bonds. The smallest absolute Gasteiger partial charge is 0.0757 e. The second-order valence-corrected chi connectivity index (χ2v) is 7.18. The van der Waals surface area contributed by atoms with Crippen molar-refractivity contribution in [2.24, 2.45) is 5.92 Å². The van der Waals surface area contributed by atoms with Crippen LogP contribution in [0.2, 0.25) is 0 Å². The maximum absolute atomic E-state index is 6.00. The number of nitrogens with one attached hydrogen (secondary N) is 1. The largest absolute Gasteiger partial charge is 0.370 e. The quantitative estimate of drug-likeness (QED) is 0.848. The Labute approximate surface area is 119 Å². The predicted octanol–water partition coefficient (Wildman–Crippen LogP) is 2.65. The molecule has 3 nitrogen and oxygen atoms in total. The van der Waals surface area contributed by atoms with Crippen molar-refractivity contribution in [3.05, 3.63) is 0 Å². The van der Waals surface area contributed by atoms with Gasteiger partial charge in [0, 0.05) is 25.7 Å². The molecule has 2 aliphatic rings. The molecule has 0 bridgehead atoms. The molecule has 1 heterocycles. The second-order valence-electron chi connectivity index (χ2n) is 7.18. The van der Waals surface area contributed by atoms with Gasteiger partial charge in [0.05, 0.1) is 11.7 Å². The molecule has 1 saturated carbocycles. The van der Waals surface area contributed by atoms with Crippen molar-refractivity contribution in [2.45, 2.75) is 70.6 Å². The number of likely N-dealkylation sites (N-methyl/N-ethyl adjacent to an activating group) is 1. The van der Waals surface area contributed by atoms with Gasteiger partial charge in [-0.15, -0.1) is 0 Å². The van der Waals surface area contributed by atoms with Crippen molar-refractivity contribution in [3.8, 4) is 0 Å². The summed E-state index contributed by atoms with van der Waals surface area (Å²) in [6.07, 6.45) is 7.47. The Hall–Kier alpha value is -0.120. The van der Waals surface area contributed by atoms with E-state index >= 15 is 0 Å². The Morgan fingerprint density at radius 1 is 1.26 bits per heavy atom. The Morgan fingerprint density at radius 3 is 2.53 bits per heavy atom. The first-order valence-corrected chi connectivity index (χ1v) is 8.07. The van der Waals surface area contributed by atoms with Gasteiger partial charge < -0.3 is 10.1 Å². The van der Waals surface area contributed by atoms with Crippen molar-refractivity contribution in [3.63, 3.8) is 0 Å². The Kier molecular flexibility index (Phi) is 5.27. The summed E-state index contributed by atoms with van der Waals surface area (Å²) >= 11 is 0. The fraction of sp³-hybridized carbons (Fsp3) is 1.00. The highest BCUT2D eigenvalue weighted by atomic mass is 16.5. The van der Waals surface area contributed by atoms with E-state index in [1.807, 2.05) is 0 Å². The summed E-state index contributed by atoms with van der Waals surface area (Å²) in [6, 6.07) is 0.654. The molecule has 2 atom stereocenters. The first-order chi connectivity index (χ1) is 9.00. The van der Waals surface area contributed by atoms with Crippen molar-refractivity contribution in [1.29, 1.82) is 0 Å². The second kappa shape index (κ2) is 6.55. The maximum atomic E-state index is 6.00. The molecule has 112 valence electrons. The van der Waals surface area contributed by atoms with Gasteiger partial charge in [-0.2, -0.15) is 0 Å². The SMILES string of the molecule is CNC(CN1CC(C)OC(C)(C)C1)C1CCCCC1. The molecule has 2 fully saturated rings.